The Morgan fingerprint density at radius 3 is 2.77 bits per heavy atom. The van der Waals surface area contributed by atoms with Crippen molar-refractivity contribution < 1.29 is 19.2 Å². The molecule has 0 fully saturated rings. The summed E-state index contributed by atoms with van der Waals surface area (Å²) in [5.41, 5.74) is 2.78. The van der Waals surface area contributed by atoms with Crippen LogP contribution in [0.5, 0.6) is 11.5 Å². The van der Waals surface area contributed by atoms with E-state index in [9.17, 15) is 14.9 Å². The molecule has 0 aromatic heterocycles. The zero-order valence-electron chi connectivity index (χ0n) is 13.8. The molecule has 2 aromatic carbocycles. The largest absolute Gasteiger partial charge is 0.493 e. The van der Waals surface area contributed by atoms with Gasteiger partial charge in [-0.3, -0.25) is 14.9 Å². The molecule has 0 radical (unpaired) electrons. The second kappa shape index (κ2) is 9.52. The number of hydrogen-bond acceptors (Lipinski definition) is 6. The van der Waals surface area contributed by atoms with E-state index < -0.39 is 17.4 Å². The van der Waals surface area contributed by atoms with Gasteiger partial charge in [0.25, 0.3) is 5.91 Å². The summed E-state index contributed by atoms with van der Waals surface area (Å²) < 4.78 is 11.5. The van der Waals surface area contributed by atoms with Crippen molar-refractivity contribution in [2.24, 2.45) is 5.10 Å². The lowest BCUT2D eigenvalue weighted by molar-refractivity contribution is -0.385. The first kappa shape index (κ1) is 19.4. The molecule has 8 nitrogen and oxygen atoms in total. The van der Waals surface area contributed by atoms with Gasteiger partial charge in [-0.15, -0.1) is 0 Å². The maximum atomic E-state index is 11.8. The van der Waals surface area contributed by atoms with Crippen molar-refractivity contribution in [1.29, 1.82) is 0 Å². The fraction of sp³-hybridized carbons (Fsp3) is 0.176. The summed E-state index contributed by atoms with van der Waals surface area (Å²) in [6, 6.07) is 11.2. The summed E-state index contributed by atoms with van der Waals surface area (Å²) in [4.78, 5) is 22.1. The highest BCUT2D eigenvalue weighted by Gasteiger charge is 2.14. The van der Waals surface area contributed by atoms with E-state index in [1.807, 2.05) is 13.0 Å². The van der Waals surface area contributed by atoms with Gasteiger partial charge in [0.1, 0.15) is 5.75 Å². The van der Waals surface area contributed by atoms with E-state index in [1.54, 1.807) is 18.2 Å². The molecule has 0 saturated carbocycles. The van der Waals surface area contributed by atoms with Crippen LogP contribution in [-0.2, 0) is 4.79 Å². The summed E-state index contributed by atoms with van der Waals surface area (Å²) >= 11 is 3.36. The predicted octanol–water partition coefficient (Wildman–Crippen LogP) is 3.29. The third kappa shape index (κ3) is 5.55. The van der Waals surface area contributed by atoms with Crippen molar-refractivity contribution in [3.8, 4) is 11.5 Å². The molecule has 2 aromatic rings. The monoisotopic (exact) mass is 421 g/mol. The number of nitrogens with one attached hydrogen (secondary N) is 1. The van der Waals surface area contributed by atoms with Crippen molar-refractivity contribution >= 4 is 33.7 Å². The number of hydrazone groups is 1. The second-order valence-electron chi connectivity index (χ2n) is 4.92. The molecule has 2 rings (SSSR count). The number of carbonyl (C=O) groups is 1. The molecule has 0 aliphatic heterocycles. The van der Waals surface area contributed by atoms with Crippen LogP contribution in [0.3, 0.4) is 0 Å². The van der Waals surface area contributed by atoms with Crippen LogP contribution in [0.4, 0.5) is 5.69 Å². The molecule has 1 N–H and O–H groups in total. The van der Waals surface area contributed by atoms with Crippen LogP contribution in [0, 0.1) is 10.1 Å². The van der Waals surface area contributed by atoms with Crippen LogP contribution < -0.4 is 14.9 Å². The molecule has 0 aliphatic carbocycles. The highest BCUT2D eigenvalue weighted by Crippen LogP contribution is 2.25. The molecule has 9 heteroatoms. The van der Waals surface area contributed by atoms with Crippen molar-refractivity contribution in [3.63, 3.8) is 0 Å². The van der Waals surface area contributed by atoms with E-state index in [4.69, 9.17) is 9.47 Å². The molecule has 0 unspecified atom stereocenters. The zero-order valence-corrected chi connectivity index (χ0v) is 15.4. The molecule has 0 atom stereocenters. The molecule has 136 valence electrons. The molecular weight excluding hydrogens is 406 g/mol. The molecule has 26 heavy (non-hydrogen) atoms. The Hall–Kier alpha value is -2.94. The number of hydrogen-bond donors (Lipinski definition) is 1. The van der Waals surface area contributed by atoms with Gasteiger partial charge < -0.3 is 9.47 Å². The number of carbonyl (C=O) groups excluding carboxylic acids is 1. The van der Waals surface area contributed by atoms with E-state index in [-0.39, 0.29) is 11.4 Å². The summed E-state index contributed by atoms with van der Waals surface area (Å²) in [7, 11) is 0. The fourth-order valence-electron chi connectivity index (χ4n) is 1.99. The maximum Gasteiger partial charge on any atom is 0.310 e. The van der Waals surface area contributed by atoms with Crippen molar-refractivity contribution in [2.75, 3.05) is 13.2 Å². The SMILES string of the molecule is CCOc1ccc(Br)cc1/C=N\NC(=O)COc1ccccc1[N+](=O)[O-]. The number of rotatable bonds is 8. The standard InChI is InChI=1S/C17H16BrN3O5/c1-2-25-15-8-7-13(18)9-12(15)10-19-20-17(22)11-26-16-6-4-3-5-14(16)21(23)24/h3-10H,2,11H2,1H3,(H,20,22)/b19-10-. The van der Waals surface area contributed by atoms with Gasteiger partial charge in [0.05, 0.1) is 17.7 Å². The Balaban J connectivity index is 1.94. The van der Waals surface area contributed by atoms with Crippen molar-refractivity contribution in [1.82, 2.24) is 5.43 Å². The molecule has 0 heterocycles. The van der Waals surface area contributed by atoms with E-state index in [2.05, 4.69) is 26.5 Å². The predicted molar refractivity (Wildman–Crippen MR) is 99.6 cm³/mol. The van der Waals surface area contributed by atoms with Gasteiger partial charge >= 0.3 is 5.69 Å². The number of nitro benzene ring substituents is 1. The number of nitrogens with zero attached hydrogens (tertiary/aromatic N) is 2. The van der Waals surface area contributed by atoms with E-state index in [1.165, 1.54) is 24.4 Å². The third-order valence-electron chi connectivity index (χ3n) is 3.09. The molecule has 0 bridgehead atoms. The average molecular weight is 422 g/mol. The lowest BCUT2D eigenvalue weighted by Crippen LogP contribution is -2.24. The number of halogens is 1. The first-order chi connectivity index (χ1) is 12.5. The number of benzene rings is 2. The first-order valence-electron chi connectivity index (χ1n) is 7.61. The minimum atomic E-state index is -0.575. The van der Waals surface area contributed by atoms with Gasteiger partial charge in [-0.25, -0.2) is 5.43 Å². The van der Waals surface area contributed by atoms with Crippen molar-refractivity contribution in [3.05, 3.63) is 62.6 Å². The molecule has 0 aliphatic rings. The van der Waals surface area contributed by atoms with Gasteiger partial charge in [0, 0.05) is 16.1 Å². The quantitative estimate of drug-likeness (QED) is 0.400. The van der Waals surface area contributed by atoms with Gasteiger partial charge in [0.2, 0.25) is 0 Å². The number of amides is 1. The van der Waals surface area contributed by atoms with E-state index >= 15 is 0 Å². The summed E-state index contributed by atoms with van der Waals surface area (Å²) in [5.74, 6) is 0.0967. The Morgan fingerprint density at radius 1 is 1.27 bits per heavy atom. The molecule has 0 saturated heterocycles. The van der Waals surface area contributed by atoms with Gasteiger partial charge in [-0.2, -0.15) is 5.10 Å². The lowest BCUT2D eigenvalue weighted by atomic mass is 10.2. The first-order valence-corrected chi connectivity index (χ1v) is 8.41. The Bertz CT molecular complexity index is 826. The topological polar surface area (TPSA) is 103 Å². The van der Waals surface area contributed by atoms with Crippen molar-refractivity contribution in [2.45, 2.75) is 6.92 Å². The number of ether oxygens (including phenoxy) is 2. The minimum absolute atomic E-state index is 0.0160. The molecule has 0 spiro atoms. The lowest BCUT2D eigenvalue weighted by Gasteiger charge is -2.07. The summed E-state index contributed by atoms with van der Waals surface area (Å²) in [6.07, 6.45) is 1.44. The highest BCUT2D eigenvalue weighted by molar-refractivity contribution is 9.10. The number of nitro groups is 1. The Morgan fingerprint density at radius 2 is 2.04 bits per heavy atom. The third-order valence-corrected chi connectivity index (χ3v) is 3.58. The second-order valence-corrected chi connectivity index (χ2v) is 5.84. The minimum Gasteiger partial charge on any atom is -0.493 e. The van der Waals surface area contributed by atoms with Crippen LogP contribution in [0.25, 0.3) is 0 Å². The Kier molecular flexibility index (Phi) is 7.10. The van der Waals surface area contributed by atoms with E-state index in [0.717, 1.165) is 4.47 Å². The summed E-state index contributed by atoms with van der Waals surface area (Å²) in [6.45, 7) is 1.96. The van der Waals surface area contributed by atoms with Gasteiger partial charge in [-0.05, 0) is 31.2 Å². The normalized spacial score (nSPS) is 10.5. The Labute approximate surface area is 158 Å². The zero-order chi connectivity index (χ0) is 18.9. The maximum absolute atomic E-state index is 11.8. The van der Waals surface area contributed by atoms with Crippen LogP contribution in [0.2, 0.25) is 0 Å². The average Bonchev–Trinajstić information content (AvgIpc) is 2.62. The molecule has 1 amide bonds. The van der Waals surface area contributed by atoms with Crippen LogP contribution >= 0.6 is 15.9 Å². The van der Waals surface area contributed by atoms with Crippen LogP contribution in [-0.4, -0.2) is 30.3 Å². The van der Waals surface area contributed by atoms with Gasteiger partial charge in [-0.1, -0.05) is 28.1 Å². The molecular formula is C17H16BrN3O5. The van der Waals surface area contributed by atoms with Crippen LogP contribution in [0.15, 0.2) is 52.0 Å². The van der Waals surface area contributed by atoms with Crippen LogP contribution in [0.1, 0.15) is 12.5 Å². The fourth-order valence-corrected chi connectivity index (χ4v) is 2.37. The summed E-state index contributed by atoms with van der Waals surface area (Å²) in [5, 5.41) is 14.7. The van der Waals surface area contributed by atoms with Gasteiger partial charge in [0.15, 0.2) is 12.4 Å². The number of para-hydroxylation sites is 2. The smallest absolute Gasteiger partial charge is 0.310 e. The highest BCUT2D eigenvalue weighted by atomic mass is 79.9. The van der Waals surface area contributed by atoms with E-state index in [0.29, 0.717) is 17.9 Å².